The third-order valence-electron chi connectivity index (χ3n) is 4.43. The lowest BCUT2D eigenvalue weighted by molar-refractivity contribution is 0.267. The van der Waals surface area contributed by atoms with Crippen molar-refractivity contribution in [2.75, 3.05) is 12.4 Å². The fourth-order valence-corrected chi connectivity index (χ4v) is 4.49. The Hall–Kier alpha value is -2.86. The molecule has 1 aliphatic heterocycles. The number of halogens is 1. The Labute approximate surface area is 159 Å². The predicted molar refractivity (Wildman–Crippen MR) is 103 cm³/mol. The van der Waals surface area contributed by atoms with Crippen LogP contribution in [0.25, 0.3) is 0 Å². The van der Waals surface area contributed by atoms with Gasteiger partial charge in [0, 0.05) is 5.69 Å². The molecule has 6 heteroatoms. The summed E-state index contributed by atoms with van der Waals surface area (Å²) in [6.07, 6.45) is 0. The fraction of sp³-hybridized carbons (Fsp3) is 0.143. The molecule has 4 nitrogen and oxygen atoms in total. The second-order valence-electron chi connectivity index (χ2n) is 6.13. The summed E-state index contributed by atoms with van der Waals surface area (Å²) in [4.78, 5) is 0.672. The van der Waals surface area contributed by atoms with Crippen LogP contribution in [-0.2, 0) is 10.8 Å². The van der Waals surface area contributed by atoms with Gasteiger partial charge in [0.15, 0.2) is 0 Å². The molecule has 0 saturated carbocycles. The van der Waals surface area contributed by atoms with Crippen LogP contribution < -0.4 is 14.8 Å². The molecule has 0 saturated heterocycles. The van der Waals surface area contributed by atoms with Gasteiger partial charge in [-0.3, -0.25) is 4.21 Å². The molecule has 0 bridgehead atoms. The molecular formula is C21H18FNO3S. The monoisotopic (exact) mass is 383 g/mol. The van der Waals surface area contributed by atoms with Gasteiger partial charge in [-0.2, -0.15) is 0 Å². The first-order valence-electron chi connectivity index (χ1n) is 8.48. The molecule has 3 atom stereocenters. The molecule has 138 valence electrons. The van der Waals surface area contributed by atoms with Gasteiger partial charge in [-0.1, -0.05) is 24.3 Å². The van der Waals surface area contributed by atoms with Crippen molar-refractivity contribution in [2.45, 2.75) is 16.4 Å². The normalized spacial score (nSPS) is 19.0. The van der Waals surface area contributed by atoms with Crippen molar-refractivity contribution in [2.24, 2.45) is 0 Å². The first-order chi connectivity index (χ1) is 13.2. The van der Waals surface area contributed by atoms with Crippen LogP contribution in [0, 0.1) is 5.82 Å². The van der Waals surface area contributed by atoms with Gasteiger partial charge >= 0.3 is 0 Å². The van der Waals surface area contributed by atoms with Crippen molar-refractivity contribution in [3.05, 3.63) is 84.2 Å². The molecular weight excluding hydrogens is 365 g/mol. The standard InChI is InChI=1S/C21H18FNO3S/c1-25-17-12-10-16(11-13-17)23-20(14-6-8-15(22)9-7-14)21-26-18-4-2-3-5-19(18)27(21)24/h2-13,20-21,23H,1H3/t20-,21-,27?/m1/s1. The maximum Gasteiger partial charge on any atom is 0.201 e. The van der Waals surface area contributed by atoms with E-state index in [1.54, 1.807) is 25.3 Å². The minimum atomic E-state index is -1.35. The van der Waals surface area contributed by atoms with E-state index in [2.05, 4.69) is 5.32 Å². The predicted octanol–water partition coefficient (Wildman–Crippen LogP) is 4.51. The molecule has 0 fully saturated rings. The number of hydrogen-bond acceptors (Lipinski definition) is 4. The maximum absolute atomic E-state index is 13.4. The Kier molecular flexibility index (Phi) is 4.81. The van der Waals surface area contributed by atoms with E-state index in [0.717, 1.165) is 17.0 Å². The highest BCUT2D eigenvalue weighted by atomic mass is 32.2. The average molecular weight is 383 g/mol. The van der Waals surface area contributed by atoms with Gasteiger partial charge in [-0.25, -0.2) is 4.39 Å². The average Bonchev–Trinajstić information content (AvgIpc) is 3.04. The van der Waals surface area contributed by atoms with Crippen LogP contribution in [0.3, 0.4) is 0 Å². The molecule has 4 rings (SSSR count). The van der Waals surface area contributed by atoms with Crippen LogP contribution in [0.1, 0.15) is 11.6 Å². The van der Waals surface area contributed by atoms with Gasteiger partial charge in [0.05, 0.1) is 12.0 Å². The highest BCUT2D eigenvalue weighted by Gasteiger charge is 2.38. The highest BCUT2D eigenvalue weighted by molar-refractivity contribution is 7.86. The molecule has 1 heterocycles. The molecule has 0 amide bonds. The maximum atomic E-state index is 13.4. The topological polar surface area (TPSA) is 47.6 Å². The molecule has 3 aromatic rings. The molecule has 0 spiro atoms. The van der Waals surface area contributed by atoms with E-state index in [9.17, 15) is 8.60 Å². The minimum absolute atomic E-state index is 0.321. The Morgan fingerprint density at radius 3 is 2.41 bits per heavy atom. The number of fused-ring (bicyclic) bond motifs is 1. The smallest absolute Gasteiger partial charge is 0.201 e. The third kappa shape index (κ3) is 3.53. The van der Waals surface area contributed by atoms with E-state index in [4.69, 9.17) is 9.47 Å². The summed E-state index contributed by atoms with van der Waals surface area (Å²) < 4.78 is 37.6. The number of benzene rings is 3. The number of rotatable bonds is 5. The molecule has 0 aromatic heterocycles. The SMILES string of the molecule is COc1ccc(N[C@H](c2ccc(F)cc2)[C@@H]2Oc3ccccc3S2=O)cc1. The Morgan fingerprint density at radius 2 is 1.74 bits per heavy atom. The van der Waals surface area contributed by atoms with Gasteiger partial charge in [-0.15, -0.1) is 0 Å². The lowest BCUT2D eigenvalue weighted by atomic mass is 10.1. The van der Waals surface area contributed by atoms with Gasteiger partial charge in [0.2, 0.25) is 5.44 Å². The quantitative estimate of drug-likeness (QED) is 0.704. The lowest BCUT2D eigenvalue weighted by Crippen LogP contribution is -2.31. The van der Waals surface area contributed by atoms with Crippen molar-refractivity contribution in [1.82, 2.24) is 0 Å². The van der Waals surface area contributed by atoms with E-state index in [-0.39, 0.29) is 5.82 Å². The number of hydrogen-bond donors (Lipinski definition) is 1. The summed E-state index contributed by atoms with van der Waals surface area (Å²) in [6.45, 7) is 0. The molecule has 1 N–H and O–H groups in total. The first kappa shape index (κ1) is 17.5. The molecule has 0 radical (unpaired) electrons. The van der Waals surface area contributed by atoms with Crippen molar-refractivity contribution >= 4 is 16.5 Å². The Bertz CT molecular complexity index is 960. The van der Waals surface area contributed by atoms with Crippen LogP contribution in [-0.4, -0.2) is 16.8 Å². The summed E-state index contributed by atoms with van der Waals surface area (Å²) in [5.41, 5.74) is 0.981. The molecule has 27 heavy (non-hydrogen) atoms. The largest absolute Gasteiger partial charge is 0.497 e. The van der Waals surface area contributed by atoms with Crippen LogP contribution in [0.2, 0.25) is 0 Å². The highest BCUT2D eigenvalue weighted by Crippen LogP contribution is 2.39. The van der Waals surface area contributed by atoms with Crippen molar-refractivity contribution in [3.8, 4) is 11.5 Å². The van der Waals surface area contributed by atoms with Gasteiger partial charge in [0.25, 0.3) is 0 Å². The molecule has 3 aromatic carbocycles. The summed E-state index contributed by atoms with van der Waals surface area (Å²) in [7, 11) is 0.253. The van der Waals surface area contributed by atoms with E-state index in [0.29, 0.717) is 10.6 Å². The summed E-state index contributed by atoms with van der Waals surface area (Å²) in [5, 5.41) is 3.38. The van der Waals surface area contributed by atoms with Gasteiger partial charge in [0.1, 0.15) is 34.2 Å². The van der Waals surface area contributed by atoms with Crippen molar-refractivity contribution in [1.29, 1.82) is 0 Å². The molecule has 1 aliphatic rings. The third-order valence-corrected chi connectivity index (χ3v) is 5.99. The second-order valence-corrected chi connectivity index (χ2v) is 7.63. The molecule has 1 unspecified atom stereocenters. The zero-order valence-corrected chi connectivity index (χ0v) is 15.4. The van der Waals surface area contributed by atoms with E-state index < -0.39 is 22.3 Å². The first-order valence-corrected chi connectivity index (χ1v) is 9.69. The number of anilines is 1. The van der Waals surface area contributed by atoms with Crippen molar-refractivity contribution < 1.29 is 18.1 Å². The lowest BCUT2D eigenvalue weighted by Gasteiger charge is -2.25. The second kappa shape index (κ2) is 7.40. The van der Waals surface area contributed by atoms with E-state index >= 15 is 0 Å². The Morgan fingerprint density at radius 1 is 1.04 bits per heavy atom. The number of ether oxygens (including phenoxy) is 2. The van der Waals surface area contributed by atoms with E-state index in [1.807, 2.05) is 42.5 Å². The number of nitrogens with one attached hydrogen (secondary N) is 1. The summed E-state index contributed by atoms with van der Waals surface area (Å²) in [5.74, 6) is 1.04. The molecule has 0 aliphatic carbocycles. The number of para-hydroxylation sites is 1. The van der Waals surface area contributed by atoms with Crippen LogP contribution in [0.5, 0.6) is 11.5 Å². The zero-order valence-electron chi connectivity index (χ0n) is 14.6. The van der Waals surface area contributed by atoms with Gasteiger partial charge < -0.3 is 14.8 Å². The fourth-order valence-electron chi connectivity index (χ4n) is 3.04. The van der Waals surface area contributed by atoms with Crippen LogP contribution in [0.15, 0.2) is 77.7 Å². The zero-order chi connectivity index (χ0) is 18.8. The van der Waals surface area contributed by atoms with Gasteiger partial charge in [-0.05, 0) is 54.1 Å². The Balaban J connectivity index is 1.68. The van der Waals surface area contributed by atoms with Crippen molar-refractivity contribution in [3.63, 3.8) is 0 Å². The summed E-state index contributed by atoms with van der Waals surface area (Å²) in [6, 6.07) is 20.5. The summed E-state index contributed by atoms with van der Waals surface area (Å²) >= 11 is 0. The number of methoxy groups -OCH3 is 1. The van der Waals surface area contributed by atoms with E-state index in [1.165, 1.54) is 12.1 Å². The van der Waals surface area contributed by atoms with Crippen LogP contribution >= 0.6 is 0 Å². The van der Waals surface area contributed by atoms with Crippen LogP contribution in [0.4, 0.5) is 10.1 Å². The minimum Gasteiger partial charge on any atom is -0.497 e.